The molecular weight excluding hydrogens is 537 g/mol. The predicted octanol–water partition coefficient (Wildman–Crippen LogP) is 8.61. The Morgan fingerprint density at radius 1 is 0.900 bits per heavy atom. The van der Waals surface area contributed by atoms with E-state index in [2.05, 4.69) is 27.7 Å². The van der Waals surface area contributed by atoms with E-state index in [4.69, 9.17) is 13.9 Å². The van der Waals surface area contributed by atoms with E-state index in [1.165, 1.54) is 56.7 Å². The number of rotatable bonds is 20. The first-order valence-corrected chi connectivity index (χ1v) is 19.5. The summed E-state index contributed by atoms with van der Waals surface area (Å²) < 4.78 is 47.1. The minimum atomic E-state index is -3.72. The molecule has 0 spiro atoms. The molecule has 3 rings (SSSR count). The molecule has 2 aromatic rings. The molecule has 2 aromatic carbocycles. The molecule has 0 N–H and O–H groups in total. The van der Waals surface area contributed by atoms with Crippen LogP contribution in [0.2, 0.25) is 18.1 Å². The lowest BCUT2D eigenvalue weighted by Gasteiger charge is -2.35. The first-order valence-electron chi connectivity index (χ1n) is 15.5. The van der Waals surface area contributed by atoms with Gasteiger partial charge in [-0.15, -0.1) is 0 Å². The fraction of sp³-hybridized carbons (Fsp3) is 0.636. The van der Waals surface area contributed by atoms with Crippen LogP contribution in [0.15, 0.2) is 59.5 Å². The summed E-state index contributed by atoms with van der Waals surface area (Å²) in [5.74, 6) is 0. The Morgan fingerprint density at radius 2 is 1.48 bits per heavy atom. The molecule has 1 aliphatic rings. The Morgan fingerprint density at radius 3 is 2.02 bits per heavy atom. The van der Waals surface area contributed by atoms with Crippen molar-refractivity contribution in [1.82, 2.24) is 0 Å². The molecule has 0 amide bonds. The van der Waals surface area contributed by atoms with Crippen LogP contribution in [0.1, 0.15) is 90.2 Å². The van der Waals surface area contributed by atoms with Crippen molar-refractivity contribution in [2.24, 2.45) is 0 Å². The quantitative estimate of drug-likeness (QED) is 0.114. The van der Waals surface area contributed by atoms with Crippen molar-refractivity contribution in [2.75, 3.05) is 6.61 Å². The van der Waals surface area contributed by atoms with Gasteiger partial charge in [-0.3, -0.25) is 0 Å². The molecule has 1 saturated heterocycles. The zero-order valence-electron chi connectivity index (χ0n) is 25.5. The summed E-state index contributed by atoms with van der Waals surface area (Å²) in [5, 5.41) is 0. The maximum absolute atomic E-state index is 14.0. The summed E-state index contributed by atoms with van der Waals surface area (Å²) >= 11 is 0. The number of epoxide rings is 1. The molecule has 3 atom stereocenters. The van der Waals surface area contributed by atoms with Crippen molar-refractivity contribution in [3.8, 4) is 0 Å². The molecule has 0 saturated carbocycles. The second-order valence-corrected chi connectivity index (χ2v) is 18.0. The van der Waals surface area contributed by atoms with Crippen molar-refractivity contribution in [3.05, 3.63) is 65.7 Å². The third kappa shape index (κ3) is 8.74. The highest BCUT2D eigenvalue weighted by Gasteiger charge is 2.66. The van der Waals surface area contributed by atoms with Gasteiger partial charge >= 0.3 is 0 Å². The van der Waals surface area contributed by atoms with Crippen molar-refractivity contribution in [3.63, 3.8) is 0 Å². The summed E-state index contributed by atoms with van der Waals surface area (Å²) in [6, 6.07) is 20.7. The Hall–Kier alpha value is -1.51. The van der Waals surface area contributed by atoms with E-state index in [9.17, 15) is 8.42 Å². The minimum Gasteiger partial charge on any atom is -0.414 e. The molecule has 40 heavy (non-hydrogen) atoms. The van der Waals surface area contributed by atoms with Gasteiger partial charge in [-0.05, 0) is 62.5 Å². The third-order valence-electron chi connectivity index (χ3n) is 8.25. The van der Waals surface area contributed by atoms with E-state index >= 15 is 0 Å². The topological polar surface area (TPSA) is 65.1 Å². The molecular formula is C33H52O5SSi. The first kappa shape index (κ1) is 33.0. The van der Waals surface area contributed by atoms with Gasteiger partial charge in [0.1, 0.15) is 6.10 Å². The number of aryl methyl sites for hydroxylation is 1. The number of ether oxygens (including phenoxy) is 2. The third-order valence-corrected chi connectivity index (χ3v) is 15.3. The van der Waals surface area contributed by atoms with Gasteiger partial charge in [-0.25, -0.2) is 8.42 Å². The average Bonchev–Trinajstić information content (AvgIpc) is 3.68. The molecule has 5 nitrogen and oxygen atoms in total. The number of benzene rings is 2. The van der Waals surface area contributed by atoms with Crippen LogP contribution in [0.5, 0.6) is 0 Å². The lowest BCUT2D eigenvalue weighted by molar-refractivity contribution is 0.104. The van der Waals surface area contributed by atoms with Gasteiger partial charge in [0.25, 0.3) is 0 Å². The van der Waals surface area contributed by atoms with Gasteiger partial charge in [-0.2, -0.15) is 0 Å². The summed E-state index contributed by atoms with van der Waals surface area (Å²) in [4.78, 5) is -0.952. The van der Waals surface area contributed by atoms with Crippen LogP contribution in [0.25, 0.3) is 0 Å². The Bertz CT molecular complexity index is 1080. The average molecular weight is 589 g/mol. The van der Waals surface area contributed by atoms with Crippen LogP contribution in [0, 0.1) is 6.92 Å². The Kier molecular flexibility index (Phi) is 12.9. The highest BCUT2D eigenvalue weighted by molar-refractivity contribution is 7.93. The lowest BCUT2D eigenvalue weighted by atomic mass is 10.1. The predicted molar refractivity (Wildman–Crippen MR) is 167 cm³/mol. The highest BCUT2D eigenvalue weighted by Crippen LogP contribution is 2.49. The molecule has 1 aliphatic heterocycles. The minimum absolute atomic E-state index is 0.00239. The standard InChI is InChI=1S/C33H52O5SSi/c1-6-9-23-40(24-10-7-2,25-11-8-3)38-29(5)21-22-33(39(34,35)31-19-17-28(4)18-20-31)32(37-33)27-36-26-30-15-13-12-14-16-30/h12-20,29,32H,6-11,21-27H2,1-5H3/t29-,32-,33-/m1/s1. The molecule has 0 radical (unpaired) electrons. The summed E-state index contributed by atoms with van der Waals surface area (Å²) in [5.41, 5.74) is 2.09. The van der Waals surface area contributed by atoms with Crippen molar-refractivity contribution in [1.29, 1.82) is 0 Å². The van der Waals surface area contributed by atoms with Gasteiger partial charge in [0.15, 0.2) is 8.32 Å². The lowest BCUT2D eigenvalue weighted by Crippen LogP contribution is -2.41. The van der Waals surface area contributed by atoms with Crippen LogP contribution >= 0.6 is 0 Å². The SMILES string of the molecule is CCCC[Si](CCCC)(CCCC)O[C@H](C)CC[C@]1(S(=O)(=O)c2ccc(C)cc2)O[C@@H]1COCc1ccccc1. The number of hydrogen-bond acceptors (Lipinski definition) is 5. The van der Waals surface area contributed by atoms with Crippen LogP contribution in [-0.2, 0) is 30.3 Å². The molecule has 7 heteroatoms. The molecule has 0 bridgehead atoms. The molecule has 0 aliphatic carbocycles. The van der Waals surface area contributed by atoms with Crippen LogP contribution in [-0.4, -0.2) is 40.5 Å². The van der Waals surface area contributed by atoms with Gasteiger partial charge in [-0.1, -0.05) is 107 Å². The second-order valence-electron chi connectivity index (χ2n) is 11.7. The van der Waals surface area contributed by atoms with Crippen molar-refractivity contribution >= 4 is 18.2 Å². The van der Waals surface area contributed by atoms with E-state index in [1.807, 2.05) is 49.4 Å². The largest absolute Gasteiger partial charge is 0.414 e. The van der Waals surface area contributed by atoms with Crippen molar-refractivity contribution < 1.29 is 22.3 Å². The van der Waals surface area contributed by atoms with E-state index in [-0.39, 0.29) is 12.7 Å². The van der Waals surface area contributed by atoms with Crippen LogP contribution in [0.4, 0.5) is 0 Å². The van der Waals surface area contributed by atoms with E-state index in [0.29, 0.717) is 24.3 Å². The molecule has 224 valence electrons. The number of sulfone groups is 1. The normalized spacial score (nSPS) is 20.0. The maximum atomic E-state index is 14.0. The van der Waals surface area contributed by atoms with E-state index in [1.54, 1.807) is 12.1 Å². The smallest absolute Gasteiger partial charge is 0.210 e. The Balaban J connectivity index is 1.74. The monoisotopic (exact) mass is 588 g/mol. The first-order chi connectivity index (χ1) is 19.2. The molecule has 1 heterocycles. The fourth-order valence-corrected chi connectivity index (χ4v) is 12.7. The van der Waals surface area contributed by atoms with Crippen molar-refractivity contribution in [2.45, 2.75) is 133 Å². The summed E-state index contributed by atoms with van der Waals surface area (Å²) in [6.07, 6.45) is 7.74. The molecule has 0 aromatic heterocycles. The highest BCUT2D eigenvalue weighted by atomic mass is 32.2. The van der Waals surface area contributed by atoms with Gasteiger partial charge in [0.05, 0.1) is 18.1 Å². The second kappa shape index (κ2) is 15.6. The maximum Gasteiger partial charge on any atom is 0.210 e. The van der Waals surface area contributed by atoms with Gasteiger partial charge in [0, 0.05) is 6.10 Å². The summed E-state index contributed by atoms with van der Waals surface area (Å²) in [6.45, 7) is 11.6. The van der Waals surface area contributed by atoms with Crippen LogP contribution < -0.4 is 0 Å². The summed E-state index contributed by atoms with van der Waals surface area (Å²) in [7, 11) is -5.62. The zero-order chi connectivity index (χ0) is 29.1. The number of hydrogen-bond donors (Lipinski definition) is 0. The van der Waals surface area contributed by atoms with E-state index in [0.717, 1.165) is 11.1 Å². The zero-order valence-corrected chi connectivity index (χ0v) is 27.3. The van der Waals surface area contributed by atoms with Crippen LogP contribution in [0.3, 0.4) is 0 Å². The van der Waals surface area contributed by atoms with E-state index < -0.39 is 29.2 Å². The molecule has 1 fully saturated rings. The van der Waals surface area contributed by atoms with Gasteiger partial charge < -0.3 is 13.9 Å². The molecule has 0 unspecified atom stereocenters. The number of unbranched alkanes of at least 4 members (excludes halogenated alkanes) is 3. The fourth-order valence-electron chi connectivity index (χ4n) is 5.67. The Labute approximate surface area is 245 Å². The van der Waals surface area contributed by atoms with Gasteiger partial charge in [0.2, 0.25) is 14.8 Å².